The van der Waals surface area contributed by atoms with Crippen LogP contribution in [0.3, 0.4) is 0 Å². The fourth-order valence-electron chi connectivity index (χ4n) is 19.1. The number of aromatic nitrogens is 6. The molecule has 0 saturated carbocycles. The molecular formula is C99H102N10. The summed E-state index contributed by atoms with van der Waals surface area (Å²) >= 11 is 0. The van der Waals surface area contributed by atoms with Gasteiger partial charge in [-0.15, -0.1) is 0 Å². The van der Waals surface area contributed by atoms with E-state index in [4.69, 9.17) is 0 Å². The molecule has 0 N–H and O–H groups in total. The van der Waals surface area contributed by atoms with Crippen molar-refractivity contribution in [1.82, 2.24) is 47.0 Å². The maximum atomic E-state index is 2.90. The van der Waals surface area contributed by atoms with Crippen molar-refractivity contribution in [3.8, 4) is 0 Å². The van der Waals surface area contributed by atoms with Crippen LogP contribution in [-0.2, 0) is 39.3 Å². The van der Waals surface area contributed by atoms with E-state index in [2.05, 4.69) is 338 Å². The SMILES string of the molecule is c1ccc2c(c1)c1ccccc1n2CCCN(CCCN(CCCN(CCCn1c2ccccc2c2ccccc21)CCCn1c2ccccc2c2ccccc21)CCCN(CCCn1c2ccccc2c2ccccc21)CCCn1c2ccccc2c2ccccc21)CCCn1c2ccccc2c2ccccc21. The summed E-state index contributed by atoms with van der Waals surface area (Å²) in [6, 6.07) is 108. The van der Waals surface area contributed by atoms with Gasteiger partial charge in [0.25, 0.3) is 0 Å². The molecule has 6 heterocycles. The average Bonchev–Trinajstić information content (AvgIpc) is 1.66. The molecular weight excluding hydrogens is 1330 g/mol. The molecule has 18 rings (SSSR count). The van der Waals surface area contributed by atoms with Crippen LogP contribution in [-0.4, -0.2) is 126 Å². The Balaban J connectivity index is 0.614. The average molecular weight is 1430 g/mol. The van der Waals surface area contributed by atoms with E-state index in [0.717, 1.165) is 176 Å². The molecule has 12 aromatic carbocycles. The molecule has 10 nitrogen and oxygen atoms in total. The van der Waals surface area contributed by atoms with Gasteiger partial charge in [0.15, 0.2) is 0 Å². The van der Waals surface area contributed by atoms with Crippen molar-refractivity contribution in [3.63, 3.8) is 0 Å². The van der Waals surface area contributed by atoms with Crippen LogP contribution < -0.4 is 0 Å². The Hall–Kier alpha value is -10.7. The third kappa shape index (κ3) is 14.4. The summed E-state index contributed by atoms with van der Waals surface area (Å²) in [5.74, 6) is 0. The van der Waals surface area contributed by atoms with E-state index >= 15 is 0 Å². The van der Waals surface area contributed by atoms with E-state index in [1.54, 1.807) is 0 Å². The highest BCUT2D eigenvalue weighted by atomic mass is 15.2. The Morgan fingerprint density at radius 1 is 0.128 bits per heavy atom. The van der Waals surface area contributed by atoms with Crippen LogP contribution in [0.5, 0.6) is 0 Å². The van der Waals surface area contributed by atoms with Crippen molar-refractivity contribution >= 4 is 131 Å². The maximum Gasteiger partial charge on any atom is 0.0491 e. The third-order valence-corrected chi connectivity index (χ3v) is 24.1. The first-order valence-electron chi connectivity index (χ1n) is 40.8. The summed E-state index contributed by atoms with van der Waals surface area (Å²) in [5, 5.41) is 16.2. The Morgan fingerprint density at radius 2 is 0.229 bits per heavy atom. The minimum Gasteiger partial charge on any atom is -0.340 e. The topological polar surface area (TPSA) is 42.5 Å². The lowest BCUT2D eigenvalue weighted by Crippen LogP contribution is -2.36. The number of aryl methyl sites for hydroxylation is 6. The number of para-hydroxylation sites is 12. The minimum absolute atomic E-state index is 0.991. The van der Waals surface area contributed by atoms with Gasteiger partial charge in [-0.1, -0.05) is 218 Å². The van der Waals surface area contributed by atoms with Crippen LogP contribution in [0.25, 0.3) is 131 Å². The molecule has 109 heavy (non-hydrogen) atoms. The monoisotopic (exact) mass is 1430 g/mol. The summed E-state index contributed by atoms with van der Waals surface area (Å²) in [7, 11) is 0. The zero-order chi connectivity index (χ0) is 72.7. The van der Waals surface area contributed by atoms with Crippen molar-refractivity contribution in [1.29, 1.82) is 0 Å². The molecule has 18 aromatic rings. The number of benzene rings is 12. The second-order valence-corrected chi connectivity index (χ2v) is 30.7. The highest BCUT2D eigenvalue weighted by molar-refractivity contribution is 6.12. The molecule has 0 unspecified atom stereocenters. The maximum absolute atomic E-state index is 2.90. The summed E-state index contributed by atoms with van der Waals surface area (Å²) in [5.41, 5.74) is 16.1. The van der Waals surface area contributed by atoms with Gasteiger partial charge < -0.3 is 47.0 Å². The molecule has 0 fully saturated rings. The number of hydrogen-bond donors (Lipinski definition) is 0. The Labute approximate surface area is 640 Å². The van der Waals surface area contributed by atoms with E-state index in [1.807, 2.05) is 0 Å². The number of nitrogens with zero attached hydrogens (tertiary/aromatic N) is 10. The quantitative estimate of drug-likeness (QED) is 0.0392. The predicted molar refractivity (Wildman–Crippen MR) is 464 cm³/mol. The lowest BCUT2D eigenvalue weighted by molar-refractivity contribution is 0.188. The molecule has 0 bridgehead atoms. The molecule has 0 aliphatic rings. The van der Waals surface area contributed by atoms with Crippen molar-refractivity contribution in [2.45, 2.75) is 97.1 Å². The number of fused-ring (bicyclic) bond motifs is 18. The second-order valence-electron chi connectivity index (χ2n) is 30.7. The van der Waals surface area contributed by atoms with Crippen molar-refractivity contribution in [2.24, 2.45) is 0 Å². The Kier molecular flexibility index (Phi) is 20.9. The van der Waals surface area contributed by atoms with Crippen molar-refractivity contribution in [2.75, 3.05) is 78.5 Å². The smallest absolute Gasteiger partial charge is 0.0491 e. The van der Waals surface area contributed by atoms with E-state index < -0.39 is 0 Å². The van der Waals surface area contributed by atoms with Crippen molar-refractivity contribution in [3.05, 3.63) is 291 Å². The van der Waals surface area contributed by atoms with Crippen molar-refractivity contribution < 1.29 is 0 Å². The second kappa shape index (κ2) is 32.6. The molecule has 0 spiro atoms. The van der Waals surface area contributed by atoms with Crippen LogP contribution in [0, 0.1) is 0 Å². The van der Waals surface area contributed by atoms with Gasteiger partial charge in [-0.05, 0) is 209 Å². The molecule has 0 aliphatic heterocycles. The van der Waals surface area contributed by atoms with Crippen LogP contribution in [0.4, 0.5) is 0 Å². The molecule has 0 atom stereocenters. The van der Waals surface area contributed by atoms with Crippen LogP contribution >= 0.6 is 0 Å². The van der Waals surface area contributed by atoms with E-state index in [9.17, 15) is 0 Å². The molecule has 0 saturated heterocycles. The molecule has 0 aliphatic carbocycles. The van der Waals surface area contributed by atoms with Gasteiger partial charge in [-0.3, -0.25) is 0 Å². The van der Waals surface area contributed by atoms with Gasteiger partial charge in [0.2, 0.25) is 0 Å². The fourth-order valence-corrected chi connectivity index (χ4v) is 19.1. The van der Waals surface area contributed by atoms with Gasteiger partial charge >= 0.3 is 0 Å². The highest BCUT2D eigenvalue weighted by Gasteiger charge is 2.20. The summed E-state index contributed by atoms with van der Waals surface area (Å²) < 4.78 is 15.6. The van der Waals surface area contributed by atoms with Gasteiger partial charge in [0.1, 0.15) is 0 Å². The Bertz CT molecular complexity index is 4880. The molecule has 10 heteroatoms. The first-order chi connectivity index (χ1) is 54.1. The molecule has 548 valence electrons. The van der Waals surface area contributed by atoms with E-state index in [1.165, 1.54) is 131 Å². The first kappa shape index (κ1) is 70.0. The zero-order valence-corrected chi connectivity index (χ0v) is 63.3. The summed E-state index contributed by atoms with van der Waals surface area (Å²) in [6.07, 6.45) is 9.95. The number of hydrogen-bond acceptors (Lipinski definition) is 4. The Morgan fingerprint density at radius 3 is 0.349 bits per heavy atom. The van der Waals surface area contributed by atoms with Crippen LogP contribution in [0.2, 0.25) is 0 Å². The fraction of sp³-hybridized carbons (Fsp3) is 0.273. The van der Waals surface area contributed by atoms with Gasteiger partial charge in [-0.25, -0.2) is 0 Å². The molecule has 0 amide bonds. The van der Waals surface area contributed by atoms with E-state index in [-0.39, 0.29) is 0 Å². The molecule has 0 radical (unpaired) electrons. The first-order valence-corrected chi connectivity index (χ1v) is 40.8. The van der Waals surface area contributed by atoms with Gasteiger partial charge in [-0.2, -0.15) is 0 Å². The third-order valence-electron chi connectivity index (χ3n) is 24.1. The van der Waals surface area contributed by atoms with E-state index in [0.29, 0.717) is 0 Å². The standard InChI is InChI=1S/C99H102N10/c1-13-46-88-76(34-1)77-35-2-14-47-89(77)104(88)70-28-64-101(65-29-71-105-90-48-15-3-36-78(90)79-37-4-16-49-91(79)105)61-25-58-100(59-26-62-102(66-30-72-106-92-50-17-5-38-80(92)81-39-6-18-51-93(81)106)67-31-73-107-94-52-19-7-40-82(94)83-41-8-20-53-95(83)107)60-27-63-103(68-32-74-108-96-54-21-9-42-84(96)85-43-10-22-55-97(85)108)69-33-75-109-98-56-23-11-44-86(98)87-45-12-24-57-99(87)109/h1-24,34-57H,25-33,58-75H2. The van der Waals surface area contributed by atoms with Gasteiger partial charge in [0.05, 0.1) is 0 Å². The predicted octanol–water partition coefficient (Wildman–Crippen LogP) is 22.6. The normalized spacial score (nSPS) is 12.4. The highest BCUT2D eigenvalue weighted by Crippen LogP contribution is 2.36. The largest absolute Gasteiger partial charge is 0.340 e. The minimum atomic E-state index is 0.991. The summed E-state index contributed by atoms with van der Waals surface area (Å²) in [6.45, 7) is 18.8. The van der Waals surface area contributed by atoms with Crippen LogP contribution in [0.1, 0.15) is 57.8 Å². The lowest BCUT2D eigenvalue weighted by Gasteiger charge is -2.29. The summed E-state index contributed by atoms with van der Waals surface area (Å²) in [4.78, 5) is 11.4. The lowest BCUT2D eigenvalue weighted by atomic mass is 10.2. The van der Waals surface area contributed by atoms with Gasteiger partial charge in [0, 0.05) is 170 Å². The van der Waals surface area contributed by atoms with Crippen LogP contribution in [0.15, 0.2) is 291 Å². The number of rotatable bonds is 36. The molecule has 6 aromatic heterocycles. The zero-order valence-electron chi connectivity index (χ0n) is 63.3.